The van der Waals surface area contributed by atoms with Gasteiger partial charge >= 0.3 is 5.97 Å². The Morgan fingerprint density at radius 3 is 2.54 bits per heavy atom. The molecule has 0 spiro atoms. The molecule has 1 aromatic carbocycles. The van der Waals surface area contributed by atoms with E-state index in [1.54, 1.807) is 6.92 Å². The molecule has 1 saturated heterocycles. The maximum absolute atomic E-state index is 11.8. The number of carbonyl (C=O) groups excluding carboxylic acids is 2. The maximum Gasteiger partial charge on any atom is 0.320 e. The van der Waals surface area contributed by atoms with Crippen molar-refractivity contribution in [2.24, 2.45) is 5.73 Å². The highest BCUT2D eigenvalue weighted by molar-refractivity contribution is 5.71. The number of hydrogen-bond acceptors (Lipinski definition) is 6. The summed E-state index contributed by atoms with van der Waals surface area (Å²) in [6, 6.07) is 9.98. The van der Waals surface area contributed by atoms with Crippen molar-refractivity contribution in [1.29, 1.82) is 0 Å². The number of hydrogen-bond donors (Lipinski definition) is 1. The monoisotopic (exact) mass is 335 g/mol. The van der Waals surface area contributed by atoms with Gasteiger partial charge in [-0.05, 0) is 26.5 Å². The first-order valence-electron chi connectivity index (χ1n) is 8.25. The van der Waals surface area contributed by atoms with E-state index in [1.807, 2.05) is 30.3 Å². The number of rotatable bonds is 5. The predicted octanol–water partition coefficient (Wildman–Crippen LogP) is 0.898. The Labute approximate surface area is 144 Å². The Bertz CT molecular complexity index is 494. The van der Waals surface area contributed by atoms with E-state index in [2.05, 4.69) is 23.8 Å². The number of aldehydes is 1. The van der Waals surface area contributed by atoms with Gasteiger partial charge in [0, 0.05) is 25.7 Å². The van der Waals surface area contributed by atoms with E-state index >= 15 is 0 Å². The number of nitrogens with zero attached hydrogens (tertiary/aromatic N) is 2. The summed E-state index contributed by atoms with van der Waals surface area (Å²) in [7, 11) is 2.12. The van der Waals surface area contributed by atoms with E-state index < -0.39 is 0 Å². The van der Waals surface area contributed by atoms with Crippen molar-refractivity contribution in [3.05, 3.63) is 35.9 Å². The first-order valence-corrected chi connectivity index (χ1v) is 8.25. The normalized spacial score (nSPS) is 19.8. The van der Waals surface area contributed by atoms with Crippen LogP contribution in [0.25, 0.3) is 0 Å². The first-order chi connectivity index (χ1) is 11.4. The average Bonchev–Trinajstić information content (AvgIpc) is 2.58. The van der Waals surface area contributed by atoms with Gasteiger partial charge in [-0.15, -0.1) is 0 Å². The van der Waals surface area contributed by atoms with Gasteiger partial charge in [-0.25, -0.2) is 0 Å². The van der Waals surface area contributed by atoms with Crippen LogP contribution in [0.1, 0.15) is 19.4 Å². The summed E-state index contributed by atoms with van der Waals surface area (Å²) in [5, 5.41) is 0. The largest absolute Gasteiger partial charge is 0.460 e. The number of likely N-dealkylation sites (N-methyl/N-ethyl adjacent to an activating group) is 1. The predicted molar refractivity (Wildman–Crippen MR) is 94.5 cm³/mol. The lowest BCUT2D eigenvalue weighted by Gasteiger charge is -2.37. The quantitative estimate of drug-likeness (QED) is 0.636. The van der Waals surface area contributed by atoms with E-state index in [1.165, 1.54) is 0 Å². The Morgan fingerprint density at radius 1 is 1.38 bits per heavy atom. The van der Waals surface area contributed by atoms with Crippen LogP contribution in [0.3, 0.4) is 0 Å². The number of benzene rings is 1. The van der Waals surface area contributed by atoms with Crippen molar-refractivity contribution in [3.8, 4) is 0 Å². The van der Waals surface area contributed by atoms with Gasteiger partial charge in [-0.1, -0.05) is 30.3 Å². The van der Waals surface area contributed by atoms with Gasteiger partial charge in [0.1, 0.15) is 12.9 Å². The molecular weight excluding hydrogens is 306 g/mol. The van der Waals surface area contributed by atoms with E-state index in [4.69, 9.17) is 10.5 Å². The zero-order chi connectivity index (χ0) is 17.9. The molecule has 1 aromatic rings. The molecule has 6 nitrogen and oxygen atoms in total. The lowest BCUT2D eigenvalue weighted by Crippen LogP contribution is -2.51. The van der Waals surface area contributed by atoms with Gasteiger partial charge in [0.25, 0.3) is 0 Å². The fraction of sp³-hybridized carbons (Fsp3) is 0.556. The molecule has 2 unspecified atom stereocenters. The minimum Gasteiger partial charge on any atom is -0.460 e. The van der Waals surface area contributed by atoms with Crippen molar-refractivity contribution >= 4 is 12.3 Å². The smallest absolute Gasteiger partial charge is 0.320 e. The molecule has 1 heterocycles. The number of nitrogens with two attached hydrogens (primary N) is 1. The lowest BCUT2D eigenvalue weighted by atomic mass is 10.2. The van der Waals surface area contributed by atoms with Crippen LogP contribution in [-0.2, 0) is 20.9 Å². The van der Waals surface area contributed by atoms with Gasteiger partial charge in [0.15, 0.2) is 0 Å². The fourth-order valence-corrected chi connectivity index (χ4v) is 2.23. The summed E-state index contributed by atoms with van der Waals surface area (Å²) in [4.78, 5) is 25.7. The average molecular weight is 335 g/mol. The molecular formula is C18H29N3O3. The van der Waals surface area contributed by atoms with Crippen LogP contribution in [0.5, 0.6) is 0 Å². The fourth-order valence-electron chi connectivity index (χ4n) is 2.23. The van der Waals surface area contributed by atoms with Crippen molar-refractivity contribution in [2.75, 3.05) is 33.2 Å². The zero-order valence-electron chi connectivity index (χ0n) is 14.9. The number of ether oxygens (including phenoxy) is 1. The molecule has 0 aromatic heterocycles. The minimum atomic E-state index is -0.296. The van der Waals surface area contributed by atoms with Crippen molar-refractivity contribution in [1.82, 2.24) is 9.80 Å². The summed E-state index contributed by atoms with van der Waals surface area (Å²) in [5.74, 6) is -0.138. The molecule has 1 aliphatic heterocycles. The molecule has 0 aliphatic carbocycles. The summed E-state index contributed by atoms with van der Waals surface area (Å²) in [5.41, 5.74) is 5.95. The zero-order valence-corrected chi connectivity index (χ0v) is 14.9. The highest BCUT2D eigenvalue weighted by Crippen LogP contribution is 2.07. The molecule has 0 bridgehead atoms. The molecule has 2 N–H and O–H groups in total. The summed E-state index contributed by atoms with van der Waals surface area (Å²) >= 11 is 0. The van der Waals surface area contributed by atoms with Gasteiger partial charge in [0.05, 0.1) is 12.6 Å². The molecule has 134 valence electrons. The highest BCUT2D eigenvalue weighted by atomic mass is 16.5. The van der Waals surface area contributed by atoms with Crippen LogP contribution in [0.2, 0.25) is 0 Å². The maximum atomic E-state index is 11.8. The molecule has 2 rings (SSSR count). The van der Waals surface area contributed by atoms with Gasteiger partial charge in [-0.2, -0.15) is 0 Å². The minimum absolute atomic E-state index is 0.138. The van der Waals surface area contributed by atoms with Crippen LogP contribution < -0.4 is 5.73 Å². The highest BCUT2D eigenvalue weighted by Gasteiger charge is 2.22. The lowest BCUT2D eigenvalue weighted by molar-refractivity contribution is -0.146. The van der Waals surface area contributed by atoms with Gasteiger partial charge in [-0.3, -0.25) is 9.69 Å². The van der Waals surface area contributed by atoms with Crippen molar-refractivity contribution in [3.63, 3.8) is 0 Å². The second kappa shape index (κ2) is 10.9. The summed E-state index contributed by atoms with van der Waals surface area (Å²) in [6.45, 7) is 7.44. The third-order valence-corrected chi connectivity index (χ3v) is 3.85. The SMILES string of the molecule is CC(N)C=O.CC1CN(CC(=O)OCc2ccccc2)CCN1C. The molecule has 1 aliphatic rings. The number of piperazine rings is 1. The molecule has 0 radical (unpaired) electrons. The first kappa shape index (κ1) is 20.3. The third-order valence-electron chi connectivity index (χ3n) is 3.85. The topological polar surface area (TPSA) is 75.9 Å². The van der Waals surface area contributed by atoms with Crippen LogP contribution in [0.15, 0.2) is 30.3 Å². The van der Waals surface area contributed by atoms with Crippen LogP contribution in [0, 0.1) is 0 Å². The second-order valence-electron chi connectivity index (χ2n) is 6.21. The second-order valence-corrected chi connectivity index (χ2v) is 6.21. The molecule has 24 heavy (non-hydrogen) atoms. The Balaban J connectivity index is 0.000000505. The molecule has 6 heteroatoms. The van der Waals surface area contributed by atoms with Crippen LogP contribution in [-0.4, -0.2) is 67.4 Å². The van der Waals surface area contributed by atoms with Crippen LogP contribution >= 0.6 is 0 Å². The van der Waals surface area contributed by atoms with Gasteiger partial charge < -0.3 is 20.2 Å². The Hall–Kier alpha value is -1.76. The molecule has 2 atom stereocenters. The van der Waals surface area contributed by atoms with E-state index in [-0.39, 0.29) is 12.0 Å². The standard InChI is InChI=1S/C15H22N2O2.C3H7NO/c1-13-10-17(9-8-16(13)2)11-15(18)19-12-14-6-4-3-5-7-14;1-3(4)2-5/h3-7,13H,8-12H2,1-2H3;2-3H,4H2,1H3. The van der Waals surface area contributed by atoms with Crippen molar-refractivity contribution in [2.45, 2.75) is 32.5 Å². The molecule has 0 amide bonds. The molecule has 1 fully saturated rings. The van der Waals surface area contributed by atoms with E-state index in [0.29, 0.717) is 25.5 Å². The van der Waals surface area contributed by atoms with E-state index in [9.17, 15) is 9.59 Å². The number of carbonyl (C=O) groups is 2. The molecule has 0 saturated carbocycles. The third kappa shape index (κ3) is 8.19. The van der Waals surface area contributed by atoms with Gasteiger partial charge in [0.2, 0.25) is 0 Å². The van der Waals surface area contributed by atoms with E-state index in [0.717, 1.165) is 25.2 Å². The Morgan fingerprint density at radius 2 is 2.00 bits per heavy atom. The van der Waals surface area contributed by atoms with Crippen LogP contribution in [0.4, 0.5) is 0 Å². The summed E-state index contributed by atoms with van der Waals surface area (Å²) < 4.78 is 5.30. The Kier molecular flexibility index (Phi) is 9.22. The van der Waals surface area contributed by atoms with Crippen molar-refractivity contribution < 1.29 is 14.3 Å². The number of esters is 1. The summed E-state index contributed by atoms with van der Waals surface area (Å²) in [6.07, 6.45) is 0.694.